The molecule has 7 nitrogen and oxygen atoms in total. The molecule has 20 heavy (non-hydrogen) atoms. The van der Waals surface area contributed by atoms with Crippen molar-refractivity contribution in [1.29, 1.82) is 0 Å². The van der Waals surface area contributed by atoms with Gasteiger partial charge in [0, 0.05) is 6.92 Å². The number of aliphatic imine (C=N–C) groups is 1. The predicted octanol–water partition coefficient (Wildman–Crippen LogP) is -0.163. The molecular formula is C13H20N2O5. The molecule has 0 unspecified atom stereocenters. The molecule has 3 saturated heterocycles. The van der Waals surface area contributed by atoms with Crippen molar-refractivity contribution in [3.63, 3.8) is 0 Å². The highest BCUT2D eigenvalue weighted by atomic mass is 16.8. The molecular weight excluding hydrogens is 264 g/mol. The Morgan fingerprint density at radius 2 is 2.15 bits per heavy atom. The van der Waals surface area contributed by atoms with Crippen LogP contribution in [0.1, 0.15) is 20.8 Å². The van der Waals surface area contributed by atoms with Crippen LogP contribution in [0.3, 0.4) is 0 Å². The highest BCUT2D eigenvalue weighted by molar-refractivity contribution is 5.73. The van der Waals surface area contributed by atoms with E-state index in [2.05, 4.69) is 17.0 Å². The number of ether oxygens (including phenoxy) is 4. The molecule has 0 spiro atoms. The van der Waals surface area contributed by atoms with Crippen LogP contribution >= 0.6 is 0 Å². The van der Waals surface area contributed by atoms with E-state index in [-0.39, 0.29) is 24.2 Å². The molecule has 3 fully saturated rings. The molecule has 0 aromatic carbocycles. The number of nitrogens with zero attached hydrogens (tertiary/aromatic N) is 1. The predicted molar refractivity (Wildman–Crippen MR) is 69.4 cm³/mol. The lowest BCUT2D eigenvalue weighted by Crippen LogP contribution is -2.65. The van der Waals surface area contributed by atoms with Crippen LogP contribution < -0.4 is 5.32 Å². The van der Waals surface area contributed by atoms with E-state index in [0.717, 1.165) is 0 Å². The van der Waals surface area contributed by atoms with Gasteiger partial charge in [0.25, 0.3) is 0 Å². The Labute approximate surface area is 117 Å². The molecule has 0 aliphatic carbocycles. The zero-order valence-electron chi connectivity index (χ0n) is 11.9. The summed E-state index contributed by atoms with van der Waals surface area (Å²) in [7, 11) is 0. The van der Waals surface area contributed by atoms with Crippen molar-refractivity contribution in [1.82, 2.24) is 5.32 Å². The van der Waals surface area contributed by atoms with Gasteiger partial charge >= 0.3 is 0 Å². The number of hydrogen-bond acceptors (Lipinski definition) is 6. The van der Waals surface area contributed by atoms with Gasteiger partial charge in [0.2, 0.25) is 5.91 Å². The summed E-state index contributed by atoms with van der Waals surface area (Å²) in [5.74, 6) is -0.885. The molecule has 0 aromatic rings. The van der Waals surface area contributed by atoms with Gasteiger partial charge in [0.15, 0.2) is 12.1 Å². The number of amides is 1. The Hall–Kier alpha value is -1.02. The maximum Gasteiger partial charge on any atom is 0.217 e. The van der Waals surface area contributed by atoms with Gasteiger partial charge in [-0.25, -0.2) is 0 Å². The molecule has 1 N–H and O–H groups in total. The van der Waals surface area contributed by atoms with Crippen LogP contribution in [0.4, 0.5) is 0 Å². The number of carbonyl (C=O) groups excluding carboxylic acids is 1. The number of hydrogen-bond donors (Lipinski definition) is 1. The first-order chi connectivity index (χ1) is 9.37. The molecule has 0 aromatic heterocycles. The van der Waals surface area contributed by atoms with Gasteiger partial charge < -0.3 is 24.3 Å². The molecule has 1 amide bonds. The highest BCUT2D eigenvalue weighted by Gasteiger charge is 2.65. The number of nitrogens with one attached hydrogen (secondary N) is 1. The van der Waals surface area contributed by atoms with E-state index in [1.54, 1.807) is 0 Å². The Balaban J connectivity index is 1.93. The largest absolute Gasteiger partial charge is 0.347 e. The fourth-order valence-corrected chi connectivity index (χ4v) is 3.21. The second-order valence-corrected chi connectivity index (χ2v) is 5.99. The number of rotatable bonds is 3. The van der Waals surface area contributed by atoms with Crippen molar-refractivity contribution >= 4 is 12.6 Å². The third-order valence-electron chi connectivity index (χ3n) is 3.89. The molecule has 5 atom stereocenters. The minimum absolute atomic E-state index is 0.157. The number of carbonyl (C=O) groups is 1. The first-order valence-corrected chi connectivity index (χ1v) is 6.71. The van der Waals surface area contributed by atoms with E-state index < -0.39 is 17.7 Å². The summed E-state index contributed by atoms with van der Waals surface area (Å²) in [6.45, 7) is 9.41. The van der Waals surface area contributed by atoms with Gasteiger partial charge in [-0.2, -0.15) is 0 Å². The lowest BCUT2D eigenvalue weighted by molar-refractivity contribution is -0.193. The second kappa shape index (κ2) is 4.49. The third-order valence-corrected chi connectivity index (χ3v) is 3.89. The van der Waals surface area contributed by atoms with Gasteiger partial charge in [0.1, 0.15) is 23.9 Å². The van der Waals surface area contributed by atoms with Crippen molar-refractivity contribution in [2.75, 3.05) is 13.2 Å². The minimum atomic E-state index is -0.728. The van der Waals surface area contributed by atoms with Gasteiger partial charge in [-0.3, -0.25) is 9.79 Å². The molecule has 112 valence electrons. The summed E-state index contributed by atoms with van der Waals surface area (Å²) < 4.78 is 23.6. The number of fused-ring (bicyclic) bond motifs is 4. The van der Waals surface area contributed by atoms with Crippen molar-refractivity contribution in [2.45, 2.75) is 56.7 Å². The quantitative estimate of drug-likeness (QED) is 0.728. The van der Waals surface area contributed by atoms with Crippen LogP contribution in [-0.2, 0) is 23.7 Å². The average molecular weight is 284 g/mol. The van der Waals surface area contributed by atoms with E-state index in [1.807, 2.05) is 13.8 Å². The summed E-state index contributed by atoms with van der Waals surface area (Å²) in [6, 6.07) is -0.389. The van der Waals surface area contributed by atoms with Gasteiger partial charge in [0.05, 0.1) is 13.2 Å². The van der Waals surface area contributed by atoms with Gasteiger partial charge in [-0.1, -0.05) is 0 Å². The van der Waals surface area contributed by atoms with Crippen LogP contribution in [0.25, 0.3) is 0 Å². The average Bonchev–Trinajstić information content (AvgIpc) is 2.86. The van der Waals surface area contributed by atoms with Crippen LogP contribution in [0.5, 0.6) is 0 Å². The van der Waals surface area contributed by atoms with E-state index in [0.29, 0.717) is 13.2 Å². The highest BCUT2D eigenvalue weighted by Crippen LogP contribution is 2.46. The molecule has 3 rings (SSSR count). The van der Waals surface area contributed by atoms with Crippen LogP contribution in [0.15, 0.2) is 4.99 Å². The Morgan fingerprint density at radius 3 is 2.80 bits per heavy atom. The van der Waals surface area contributed by atoms with Crippen LogP contribution in [0, 0.1) is 0 Å². The van der Waals surface area contributed by atoms with Crippen molar-refractivity contribution in [3.8, 4) is 0 Å². The third kappa shape index (κ3) is 2.05. The lowest BCUT2D eigenvalue weighted by atomic mass is 9.88. The maximum atomic E-state index is 11.4. The van der Waals surface area contributed by atoms with Crippen LogP contribution in [0.2, 0.25) is 0 Å². The zero-order valence-corrected chi connectivity index (χ0v) is 11.9. The summed E-state index contributed by atoms with van der Waals surface area (Å²) in [5, 5.41) is 2.84. The fourth-order valence-electron chi connectivity index (χ4n) is 3.21. The molecule has 3 aliphatic rings. The standard InChI is InChI=1S/C13H20N2O5/c1-7(16)15-8-9-10(19-12(2,3)18-9)13(5-14-4)6-17-11(8)20-13/h8-11H,4-6H2,1-3H3,(H,15,16)/t8-,9-,10-,11+,13+/m1/s1. The minimum Gasteiger partial charge on any atom is -0.347 e. The summed E-state index contributed by atoms with van der Waals surface area (Å²) in [4.78, 5) is 15.3. The normalized spacial score (nSPS) is 45.0. The van der Waals surface area contributed by atoms with Crippen LogP contribution in [-0.4, -0.2) is 61.7 Å². The zero-order chi connectivity index (χ0) is 14.5. The van der Waals surface area contributed by atoms with E-state index in [4.69, 9.17) is 18.9 Å². The van der Waals surface area contributed by atoms with E-state index in [1.165, 1.54) is 6.92 Å². The molecule has 0 saturated carbocycles. The Bertz CT molecular complexity index is 440. The summed E-state index contributed by atoms with van der Waals surface area (Å²) in [5.41, 5.74) is -0.681. The first-order valence-electron chi connectivity index (χ1n) is 6.71. The second-order valence-electron chi connectivity index (χ2n) is 5.99. The Morgan fingerprint density at radius 1 is 1.40 bits per heavy atom. The topological polar surface area (TPSA) is 78.4 Å². The van der Waals surface area contributed by atoms with Crippen molar-refractivity contribution in [2.24, 2.45) is 4.99 Å². The van der Waals surface area contributed by atoms with E-state index >= 15 is 0 Å². The molecule has 2 bridgehead atoms. The maximum absolute atomic E-state index is 11.4. The first kappa shape index (κ1) is 13.9. The van der Waals surface area contributed by atoms with E-state index in [9.17, 15) is 4.79 Å². The summed E-state index contributed by atoms with van der Waals surface area (Å²) >= 11 is 0. The molecule has 0 radical (unpaired) electrons. The Kier molecular flexibility index (Phi) is 3.13. The fraction of sp³-hybridized carbons (Fsp3) is 0.846. The van der Waals surface area contributed by atoms with Crippen molar-refractivity contribution in [3.05, 3.63) is 0 Å². The van der Waals surface area contributed by atoms with Crippen molar-refractivity contribution < 1.29 is 23.7 Å². The molecule has 7 heteroatoms. The van der Waals surface area contributed by atoms with Gasteiger partial charge in [-0.15, -0.1) is 0 Å². The summed E-state index contributed by atoms with van der Waals surface area (Å²) in [6.07, 6.45) is -1.21. The SMILES string of the molecule is C=NC[C@@]12CO[C@@H](O1)[C@H](NC(C)=O)[C@H]1OC(C)(C)O[C@H]12. The molecule has 3 aliphatic heterocycles. The monoisotopic (exact) mass is 284 g/mol. The molecule has 3 heterocycles. The van der Waals surface area contributed by atoms with Gasteiger partial charge in [-0.05, 0) is 20.6 Å². The lowest BCUT2D eigenvalue weighted by Gasteiger charge is -2.41. The smallest absolute Gasteiger partial charge is 0.217 e.